The molecule has 1 aliphatic rings. The van der Waals surface area contributed by atoms with Gasteiger partial charge in [0, 0.05) is 23.9 Å². The van der Waals surface area contributed by atoms with Gasteiger partial charge in [-0.1, -0.05) is 35.0 Å². The second-order valence-electron chi connectivity index (χ2n) is 7.76. The largest absolute Gasteiger partial charge is 0.379 e. The molecule has 6 nitrogen and oxygen atoms in total. The van der Waals surface area contributed by atoms with Crippen molar-refractivity contribution in [3.63, 3.8) is 0 Å². The minimum Gasteiger partial charge on any atom is -0.379 e. The van der Waals surface area contributed by atoms with Crippen LogP contribution in [-0.2, 0) is 4.74 Å². The Morgan fingerprint density at radius 3 is 2.88 bits per heavy atom. The predicted octanol–water partition coefficient (Wildman–Crippen LogP) is 5.93. The SMILES string of the molecule is CC1=C(c2nc(-c3cccs3)no2)C(c2cccc(Cl)c2)NC(=S)N1CCCOC(C)C. The molecule has 0 amide bonds. The molecule has 1 aliphatic heterocycles. The standard InChI is InChI=1S/C23H25ClN4O2S2/c1-14(2)29-11-6-10-28-15(3)19(22-26-21(27-30-22)18-9-5-12-32-18)20(25-23(28)31)16-7-4-8-17(24)13-16/h4-5,7-9,12-14,20H,6,10-11H2,1-3H3,(H,25,31). The van der Waals surface area contributed by atoms with Crippen molar-refractivity contribution in [2.45, 2.75) is 39.3 Å². The van der Waals surface area contributed by atoms with Crippen LogP contribution >= 0.6 is 35.2 Å². The second kappa shape index (κ2) is 10.1. The Balaban J connectivity index is 1.70. The summed E-state index contributed by atoms with van der Waals surface area (Å²) < 4.78 is 11.4. The summed E-state index contributed by atoms with van der Waals surface area (Å²) in [6, 6.07) is 11.4. The average Bonchev–Trinajstić information content (AvgIpc) is 3.44. The number of thiophene rings is 1. The van der Waals surface area contributed by atoms with Crippen LogP contribution in [0.3, 0.4) is 0 Å². The van der Waals surface area contributed by atoms with E-state index < -0.39 is 0 Å². The van der Waals surface area contributed by atoms with E-state index in [1.54, 1.807) is 11.3 Å². The Morgan fingerprint density at radius 1 is 1.31 bits per heavy atom. The Hall–Kier alpha value is -2.26. The first-order valence-electron chi connectivity index (χ1n) is 10.5. The maximum Gasteiger partial charge on any atom is 0.258 e. The third-order valence-corrected chi connectivity index (χ3v) is 6.59. The number of halogens is 1. The molecule has 2 aromatic heterocycles. The van der Waals surface area contributed by atoms with Crippen molar-refractivity contribution in [2.75, 3.05) is 13.2 Å². The highest BCUT2D eigenvalue weighted by Crippen LogP contribution is 2.38. The lowest BCUT2D eigenvalue weighted by Crippen LogP contribution is -2.46. The zero-order valence-electron chi connectivity index (χ0n) is 18.2. The van der Waals surface area contributed by atoms with Crippen molar-refractivity contribution in [2.24, 2.45) is 0 Å². The topological polar surface area (TPSA) is 63.4 Å². The fourth-order valence-corrected chi connectivity index (χ4v) is 4.84. The van der Waals surface area contributed by atoms with Gasteiger partial charge < -0.3 is 19.5 Å². The number of aromatic nitrogens is 2. The molecule has 0 aliphatic carbocycles. The van der Waals surface area contributed by atoms with E-state index in [0.717, 1.165) is 34.7 Å². The number of ether oxygens (including phenoxy) is 1. The van der Waals surface area contributed by atoms with Gasteiger partial charge in [0.25, 0.3) is 5.89 Å². The van der Waals surface area contributed by atoms with Crippen LogP contribution < -0.4 is 5.32 Å². The van der Waals surface area contributed by atoms with Crippen LogP contribution in [0.4, 0.5) is 0 Å². The molecule has 1 unspecified atom stereocenters. The number of nitrogens with zero attached hydrogens (tertiary/aromatic N) is 3. The number of allylic oxidation sites excluding steroid dienone is 1. The summed E-state index contributed by atoms with van der Waals surface area (Å²) in [5.41, 5.74) is 2.85. The van der Waals surface area contributed by atoms with Crippen molar-refractivity contribution in [3.8, 4) is 10.7 Å². The zero-order chi connectivity index (χ0) is 22.7. The van der Waals surface area contributed by atoms with E-state index in [1.807, 2.05) is 62.5 Å². The van der Waals surface area contributed by atoms with E-state index in [0.29, 0.717) is 28.5 Å². The van der Waals surface area contributed by atoms with Gasteiger partial charge in [-0.25, -0.2) is 0 Å². The minimum atomic E-state index is -0.249. The number of nitrogens with one attached hydrogen (secondary N) is 1. The maximum atomic E-state index is 6.29. The molecule has 3 heterocycles. The highest BCUT2D eigenvalue weighted by Gasteiger charge is 2.34. The highest BCUT2D eigenvalue weighted by atomic mass is 35.5. The molecule has 0 saturated carbocycles. The van der Waals surface area contributed by atoms with Crippen molar-refractivity contribution in [1.82, 2.24) is 20.4 Å². The molecule has 4 rings (SSSR count). The van der Waals surface area contributed by atoms with Crippen LogP contribution in [-0.4, -0.2) is 39.4 Å². The van der Waals surface area contributed by atoms with Gasteiger partial charge in [0.05, 0.1) is 22.6 Å². The summed E-state index contributed by atoms with van der Waals surface area (Å²) in [6.07, 6.45) is 1.05. The van der Waals surface area contributed by atoms with E-state index in [-0.39, 0.29) is 12.1 Å². The third kappa shape index (κ3) is 5.04. The lowest BCUT2D eigenvalue weighted by atomic mass is 9.95. The molecule has 0 saturated heterocycles. The quantitative estimate of drug-likeness (QED) is 0.311. The summed E-state index contributed by atoms with van der Waals surface area (Å²) in [6.45, 7) is 7.50. The molecule has 0 spiro atoms. The van der Waals surface area contributed by atoms with E-state index >= 15 is 0 Å². The number of benzene rings is 1. The molecule has 0 fully saturated rings. The van der Waals surface area contributed by atoms with Crippen LogP contribution in [0, 0.1) is 0 Å². The Morgan fingerprint density at radius 2 is 2.16 bits per heavy atom. The summed E-state index contributed by atoms with van der Waals surface area (Å²) in [7, 11) is 0. The van der Waals surface area contributed by atoms with Crippen LogP contribution in [0.5, 0.6) is 0 Å². The van der Waals surface area contributed by atoms with Crippen molar-refractivity contribution in [1.29, 1.82) is 0 Å². The molecular formula is C23H25ClN4O2S2. The molecule has 0 bridgehead atoms. The average molecular weight is 489 g/mol. The first-order chi connectivity index (χ1) is 15.4. The maximum absolute atomic E-state index is 6.29. The molecule has 32 heavy (non-hydrogen) atoms. The monoisotopic (exact) mass is 488 g/mol. The number of hydrogen-bond donors (Lipinski definition) is 1. The summed E-state index contributed by atoms with van der Waals surface area (Å²) >= 11 is 13.6. The lowest BCUT2D eigenvalue weighted by molar-refractivity contribution is 0.0749. The van der Waals surface area contributed by atoms with Crippen molar-refractivity contribution >= 4 is 45.8 Å². The molecule has 0 radical (unpaired) electrons. The van der Waals surface area contributed by atoms with Gasteiger partial charge in [-0.15, -0.1) is 11.3 Å². The molecule has 1 atom stereocenters. The van der Waals surface area contributed by atoms with E-state index in [1.165, 1.54) is 0 Å². The minimum absolute atomic E-state index is 0.204. The van der Waals surface area contributed by atoms with Crippen LogP contribution in [0.15, 0.2) is 52.0 Å². The van der Waals surface area contributed by atoms with E-state index in [2.05, 4.69) is 15.4 Å². The van der Waals surface area contributed by atoms with Gasteiger partial charge in [-0.3, -0.25) is 0 Å². The Bertz CT molecular complexity index is 1110. The Labute approximate surface area is 202 Å². The number of hydrogen-bond acceptors (Lipinski definition) is 6. The number of thiocarbonyl (C=S) groups is 1. The van der Waals surface area contributed by atoms with Crippen molar-refractivity contribution < 1.29 is 9.26 Å². The highest BCUT2D eigenvalue weighted by molar-refractivity contribution is 7.80. The summed E-state index contributed by atoms with van der Waals surface area (Å²) in [5.74, 6) is 1.04. The molecule has 1 aromatic carbocycles. The third-order valence-electron chi connectivity index (χ3n) is 5.15. The normalized spacial score (nSPS) is 16.7. The number of rotatable bonds is 8. The fraction of sp³-hybridized carbons (Fsp3) is 0.348. The lowest BCUT2D eigenvalue weighted by Gasteiger charge is -2.37. The molecule has 9 heteroatoms. The van der Waals surface area contributed by atoms with Gasteiger partial charge in [0.1, 0.15) is 0 Å². The first kappa shape index (κ1) is 22.9. The van der Waals surface area contributed by atoms with Gasteiger partial charge in [0.2, 0.25) is 5.82 Å². The molecule has 168 valence electrons. The molecular weight excluding hydrogens is 464 g/mol. The second-order valence-corrected chi connectivity index (χ2v) is 9.53. The van der Waals surface area contributed by atoms with Crippen LogP contribution in [0.1, 0.15) is 44.7 Å². The van der Waals surface area contributed by atoms with E-state index in [9.17, 15) is 0 Å². The fourth-order valence-electron chi connectivity index (χ4n) is 3.64. The molecule has 3 aromatic rings. The van der Waals surface area contributed by atoms with Crippen LogP contribution in [0.25, 0.3) is 16.3 Å². The first-order valence-corrected chi connectivity index (χ1v) is 12.1. The molecule has 1 N–H and O–H groups in total. The summed E-state index contributed by atoms with van der Waals surface area (Å²) in [4.78, 5) is 7.74. The zero-order valence-corrected chi connectivity index (χ0v) is 20.6. The predicted molar refractivity (Wildman–Crippen MR) is 133 cm³/mol. The van der Waals surface area contributed by atoms with Gasteiger partial charge >= 0.3 is 0 Å². The smallest absolute Gasteiger partial charge is 0.258 e. The van der Waals surface area contributed by atoms with Gasteiger partial charge in [-0.2, -0.15) is 4.98 Å². The van der Waals surface area contributed by atoms with Gasteiger partial charge in [-0.05, 0) is 68.6 Å². The van der Waals surface area contributed by atoms with Crippen LogP contribution in [0.2, 0.25) is 5.02 Å². The van der Waals surface area contributed by atoms with Crippen molar-refractivity contribution in [3.05, 3.63) is 64.0 Å². The van der Waals surface area contributed by atoms with E-state index in [4.69, 9.17) is 38.1 Å². The summed E-state index contributed by atoms with van der Waals surface area (Å²) in [5, 5.41) is 11.0. The van der Waals surface area contributed by atoms with Gasteiger partial charge in [0.15, 0.2) is 5.11 Å². The Kier molecular flexibility index (Phi) is 7.25.